The molecule has 2 aromatic rings. The van der Waals surface area contributed by atoms with Crippen molar-refractivity contribution in [3.63, 3.8) is 0 Å². The Morgan fingerprint density at radius 1 is 1.35 bits per heavy atom. The molecule has 0 amide bonds. The predicted octanol–water partition coefficient (Wildman–Crippen LogP) is 4.84. The van der Waals surface area contributed by atoms with E-state index in [1.165, 1.54) is 23.4 Å². The van der Waals surface area contributed by atoms with Crippen molar-refractivity contribution in [2.75, 3.05) is 0 Å². The van der Waals surface area contributed by atoms with Gasteiger partial charge < -0.3 is 5.32 Å². The summed E-state index contributed by atoms with van der Waals surface area (Å²) in [5, 5.41) is 5.40. The van der Waals surface area contributed by atoms with Gasteiger partial charge in [-0.25, -0.2) is 4.98 Å². The van der Waals surface area contributed by atoms with E-state index in [0.29, 0.717) is 5.92 Å². The Morgan fingerprint density at radius 3 is 2.75 bits per heavy atom. The van der Waals surface area contributed by atoms with Crippen molar-refractivity contribution in [1.29, 1.82) is 0 Å². The van der Waals surface area contributed by atoms with Crippen LogP contribution < -0.4 is 5.32 Å². The van der Waals surface area contributed by atoms with Crippen LogP contribution in [0.25, 0.3) is 10.6 Å². The molecule has 0 radical (unpaired) electrons. The van der Waals surface area contributed by atoms with Crippen molar-refractivity contribution in [1.82, 2.24) is 10.3 Å². The highest BCUT2D eigenvalue weighted by Gasteiger charge is 2.22. The molecule has 0 unspecified atom stereocenters. The van der Waals surface area contributed by atoms with Gasteiger partial charge in [0.15, 0.2) is 0 Å². The van der Waals surface area contributed by atoms with Crippen LogP contribution in [0.3, 0.4) is 0 Å². The van der Waals surface area contributed by atoms with Crippen LogP contribution in [0, 0.1) is 0 Å². The third kappa shape index (κ3) is 3.05. The zero-order valence-corrected chi connectivity index (χ0v) is 13.4. The zero-order valence-electron chi connectivity index (χ0n) is 11.8. The lowest BCUT2D eigenvalue weighted by Gasteiger charge is -2.05. The second-order valence-corrected chi connectivity index (χ2v) is 7.11. The second kappa shape index (κ2) is 5.84. The molecule has 1 heterocycles. The Hall–Kier alpha value is -0.900. The van der Waals surface area contributed by atoms with E-state index in [1.807, 2.05) is 24.3 Å². The van der Waals surface area contributed by atoms with Gasteiger partial charge in [-0.1, -0.05) is 43.6 Å². The maximum absolute atomic E-state index is 6.29. The fourth-order valence-corrected chi connectivity index (χ4v) is 3.70. The molecule has 20 heavy (non-hydrogen) atoms. The SMILES string of the molecule is CC(C)c1nc(-c2ccccc2Cl)sc1CNC1CC1. The van der Waals surface area contributed by atoms with Crippen molar-refractivity contribution in [2.24, 2.45) is 0 Å². The normalized spacial score (nSPS) is 15.0. The van der Waals surface area contributed by atoms with Gasteiger partial charge >= 0.3 is 0 Å². The second-order valence-electron chi connectivity index (χ2n) is 5.62. The van der Waals surface area contributed by atoms with E-state index in [2.05, 4.69) is 19.2 Å². The summed E-state index contributed by atoms with van der Waals surface area (Å²) in [5.41, 5.74) is 2.25. The number of hydrogen-bond acceptors (Lipinski definition) is 3. The topological polar surface area (TPSA) is 24.9 Å². The first-order valence-corrected chi connectivity index (χ1v) is 8.32. The van der Waals surface area contributed by atoms with Gasteiger partial charge in [-0.05, 0) is 24.8 Å². The van der Waals surface area contributed by atoms with Crippen LogP contribution >= 0.6 is 22.9 Å². The predicted molar refractivity (Wildman–Crippen MR) is 86.5 cm³/mol. The number of rotatable bonds is 5. The zero-order chi connectivity index (χ0) is 14.1. The molecule has 1 aromatic carbocycles. The molecule has 1 aliphatic carbocycles. The number of nitrogens with zero attached hydrogens (tertiary/aromatic N) is 1. The summed E-state index contributed by atoms with van der Waals surface area (Å²) in [4.78, 5) is 6.18. The fraction of sp³-hybridized carbons (Fsp3) is 0.438. The summed E-state index contributed by atoms with van der Waals surface area (Å²) in [6.07, 6.45) is 2.63. The smallest absolute Gasteiger partial charge is 0.125 e. The van der Waals surface area contributed by atoms with Crippen LogP contribution in [0.5, 0.6) is 0 Å². The number of halogens is 1. The van der Waals surface area contributed by atoms with Gasteiger partial charge in [-0.2, -0.15) is 0 Å². The minimum absolute atomic E-state index is 0.443. The van der Waals surface area contributed by atoms with E-state index in [0.717, 1.165) is 28.2 Å². The van der Waals surface area contributed by atoms with Gasteiger partial charge in [-0.15, -0.1) is 11.3 Å². The summed E-state index contributed by atoms with van der Waals surface area (Å²) < 4.78 is 0. The molecule has 0 aliphatic heterocycles. The van der Waals surface area contributed by atoms with Crippen molar-refractivity contribution >= 4 is 22.9 Å². The van der Waals surface area contributed by atoms with Crippen LogP contribution in [-0.2, 0) is 6.54 Å². The third-order valence-electron chi connectivity index (χ3n) is 3.51. The lowest BCUT2D eigenvalue weighted by atomic mass is 10.1. The van der Waals surface area contributed by atoms with Gasteiger partial charge in [0, 0.05) is 23.0 Å². The minimum atomic E-state index is 0.443. The maximum atomic E-state index is 6.29. The number of benzene rings is 1. The Morgan fingerprint density at radius 2 is 2.10 bits per heavy atom. The van der Waals surface area contributed by atoms with Gasteiger partial charge in [0.2, 0.25) is 0 Å². The first-order valence-electron chi connectivity index (χ1n) is 7.13. The average molecular weight is 307 g/mol. The third-order valence-corrected chi connectivity index (χ3v) is 4.94. The van der Waals surface area contributed by atoms with E-state index < -0.39 is 0 Å². The average Bonchev–Trinajstić information content (AvgIpc) is 3.15. The molecule has 106 valence electrons. The highest BCUT2D eigenvalue weighted by molar-refractivity contribution is 7.15. The van der Waals surface area contributed by atoms with Crippen LogP contribution in [-0.4, -0.2) is 11.0 Å². The van der Waals surface area contributed by atoms with Crippen LogP contribution in [0.15, 0.2) is 24.3 Å². The van der Waals surface area contributed by atoms with E-state index in [9.17, 15) is 0 Å². The quantitative estimate of drug-likeness (QED) is 0.855. The number of hydrogen-bond donors (Lipinski definition) is 1. The summed E-state index contributed by atoms with van der Waals surface area (Å²) >= 11 is 8.06. The number of aromatic nitrogens is 1. The first kappa shape index (κ1) is 14.1. The highest BCUT2D eigenvalue weighted by atomic mass is 35.5. The molecule has 1 aromatic heterocycles. The van der Waals surface area contributed by atoms with E-state index in [4.69, 9.17) is 16.6 Å². The summed E-state index contributed by atoms with van der Waals surface area (Å²) in [5.74, 6) is 0.443. The molecule has 0 bridgehead atoms. The molecule has 3 rings (SSSR count). The molecule has 0 saturated heterocycles. The van der Waals surface area contributed by atoms with Crippen molar-refractivity contribution in [2.45, 2.75) is 45.2 Å². The largest absolute Gasteiger partial charge is 0.309 e. The Labute approximate surface area is 129 Å². The van der Waals surface area contributed by atoms with Crippen molar-refractivity contribution in [3.8, 4) is 10.6 Å². The molecule has 0 spiro atoms. The van der Waals surface area contributed by atoms with Crippen molar-refractivity contribution < 1.29 is 0 Å². The molecular formula is C16H19ClN2S. The summed E-state index contributed by atoms with van der Waals surface area (Å²) in [6, 6.07) is 8.66. The molecule has 1 aliphatic rings. The highest BCUT2D eigenvalue weighted by Crippen LogP contribution is 2.35. The minimum Gasteiger partial charge on any atom is -0.309 e. The molecular weight excluding hydrogens is 288 g/mol. The van der Waals surface area contributed by atoms with Crippen LogP contribution in [0.1, 0.15) is 43.2 Å². The lowest BCUT2D eigenvalue weighted by Crippen LogP contribution is -2.15. The van der Waals surface area contributed by atoms with Gasteiger partial charge in [0.05, 0.1) is 10.7 Å². The fourth-order valence-electron chi connectivity index (χ4n) is 2.22. The van der Waals surface area contributed by atoms with E-state index in [1.54, 1.807) is 11.3 Å². The number of nitrogens with one attached hydrogen (secondary N) is 1. The summed E-state index contributed by atoms with van der Waals surface area (Å²) in [7, 11) is 0. The Kier molecular flexibility index (Phi) is 4.11. The standard InChI is InChI=1S/C16H19ClN2S/c1-10(2)15-14(9-18-11-7-8-11)20-16(19-15)12-5-3-4-6-13(12)17/h3-6,10-11,18H,7-9H2,1-2H3. The van der Waals surface area contributed by atoms with Crippen molar-refractivity contribution in [3.05, 3.63) is 39.9 Å². The monoisotopic (exact) mass is 306 g/mol. The lowest BCUT2D eigenvalue weighted by molar-refractivity contribution is 0.681. The maximum Gasteiger partial charge on any atom is 0.125 e. The first-order chi connectivity index (χ1) is 9.65. The molecule has 1 N–H and O–H groups in total. The summed E-state index contributed by atoms with van der Waals surface area (Å²) in [6.45, 7) is 5.33. The van der Waals surface area contributed by atoms with Gasteiger partial charge in [-0.3, -0.25) is 0 Å². The Balaban J connectivity index is 1.91. The molecule has 0 atom stereocenters. The van der Waals surface area contributed by atoms with Gasteiger partial charge in [0.1, 0.15) is 5.01 Å². The molecule has 1 fully saturated rings. The van der Waals surface area contributed by atoms with E-state index >= 15 is 0 Å². The van der Waals surface area contributed by atoms with Gasteiger partial charge in [0.25, 0.3) is 0 Å². The van der Waals surface area contributed by atoms with Crippen LogP contribution in [0.2, 0.25) is 5.02 Å². The molecule has 2 nitrogen and oxygen atoms in total. The van der Waals surface area contributed by atoms with Crippen LogP contribution in [0.4, 0.5) is 0 Å². The Bertz CT molecular complexity index is 602. The molecule has 1 saturated carbocycles. The van der Waals surface area contributed by atoms with E-state index in [-0.39, 0.29) is 0 Å². The molecule has 4 heteroatoms. The number of thiazole rings is 1.